The number of carbonyl (C=O) groups is 1. The summed E-state index contributed by atoms with van der Waals surface area (Å²) in [4.78, 5) is 19.6. The second-order valence-corrected chi connectivity index (χ2v) is 8.77. The van der Waals surface area contributed by atoms with Crippen LogP contribution >= 0.6 is 0 Å². The number of nitrogens with zero attached hydrogens (tertiary/aromatic N) is 4. The highest BCUT2D eigenvalue weighted by Crippen LogP contribution is 2.28. The van der Waals surface area contributed by atoms with Crippen molar-refractivity contribution in [2.45, 2.75) is 33.4 Å². The third kappa shape index (κ3) is 4.45. The predicted molar refractivity (Wildman–Crippen MR) is 131 cm³/mol. The number of aryl methyl sites for hydroxylation is 3. The van der Waals surface area contributed by atoms with Crippen LogP contribution in [0.1, 0.15) is 27.9 Å². The van der Waals surface area contributed by atoms with E-state index in [2.05, 4.69) is 37.7 Å². The highest BCUT2D eigenvalue weighted by atomic mass is 16.2. The molecule has 0 atom stereocenters. The summed E-state index contributed by atoms with van der Waals surface area (Å²) in [6, 6.07) is 15.9. The van der Waals surface area contributed by atoms with Crippen LogP contribution in [-0.2, 0) is 26.6 Å². The van der Waals surface area contributed by atoms with Gasteiger partial charge in [0.1, 0.15) is 0 Å². The van der Waals surface area contributed by atoms with E-state index in [1.807, 2.05) is 68.2 Å². The third-order valence-electron chi connectivity index (χ3n) is 6.23. The van der Waals surface area contributed by atoms with Gasteiger partial charge in [-0.25, -0.2) is 9.78 Å². The van der Waals surface area contributed by atoms with Crippen LogP contribution in [0.25, 0.3) is 11.0 Å². The quantitative estimate of drug-likeness (QED) is 0.479. The van der Waals surface area contributed by atoms with Gasteiger partial charge in [-0.05, 0) is 61.2 Å². The van der Waals surface area contributed by atoms with Crippen molar-refractivity contribution in [1.82, 2.24) is 19.7 Å². The minimum atomic E-state index is -0.221. The normalized spacial score (nSPS) is 13.7. The Morgan fingerprint density at radius 2 is 1.91 bits per heavy atom. The van der Waals surface area contributed by atoms with Crippen LogP contribution < -0.4 is 10.6 Å². The molecule has 168 valence electrons. The number of urea groups is 1. The molecule has 2 aromatic heterocycles. The van der Waals surface area contributed by atoms with Crippen LogP contribution in [-0.4, -0.2) is 32.2 Å². The van der Waals surface area contributed by atoms with Crippen LogP contribution in [0.4, 0.5) is 16.2 Å². The third-order valence-corrected chi connectivity index (χ3v) is 6.23. The zero-order valence-corrected chi connectivity index (χ0v) is 19.2. The SMILES string of the molecule is Cc1ccc(NC(=O)Nc2cccc3c2CCN(Cc2cnc4c(c2)c(C)nn4C)C3)cc1. The number of hydrogen-bond donors (Lipinski definition) is 2. The summed E-state index contributed by atoms with van der Waals surface area (Å²) in [6.07, 6.45) is 2.84. The molecule has 0 radical (unpaired) electrons. The number of amides is 2. The molecule has 0 spiro atoms. The first kappa shape index (κ1) is 21.2. The van der Waals surface area contributed by atoms with Crippen molar-refractivity contribution in [3.63, 3.8) is 0 Å². The van der Waals surface area contributed by atoms with Gasteiger partial charge in [-0.3, -0.25) is 9.58 Å². The number of fused-ring (bicyclic) bond motifs is 2. The first-order valence-corrected chi connectivity index (χ1v) is 11.2. The highest BCUT2D eigenvalue weighted by Gasteiger charge is 2.20. The maximum Gasteiger partial charge on any atom is 0.323 e. The van der Waals surface area contributed by atoms with Crippen molar-refractivity contribution >= 4 is 28.4 Å². The Balaban J connectivity index is 1.27. The lowest BCUT2D eigenvalue weighted by Gasteiger charge is -2.30. The van der Waals surface area contributed by atoms with Gasteiger partial charge in [0, 0.05) is 49.6 Å². The second kappa shape index (κ2) is 8.67. The highest BCUT2D eigenvalue weighted by molar-refractivity contribution is 6.00. The Hall–Kier alpha value is -3.71. The van der Waals surface area contributed by atoms with E-state index in [0.29, 0.717) is 0 Å². The van der Waals surface area contributed by atoms with Crippen molar-refractivity contribution in [3.8, 4) is 0 Å². The van der Waals surface area contributed by atoms with E-state index < -0.39 is 0 Å². The number of rotatable bonds is 4. The van der Waals surface area contributed by atoms with Crippen LogP contribution in [0.2, 0.25) is 0 Å². The Labute approximate surface area is 193 Å². The Morgan fingerprint density at radius 3 is 2.73 bits per heavy atom. The number of carbonyl (C=O) groups excluding carboxylic acids is 1. The number of aromatic nitrogens is 3. The molecular weight excluding hydrogens is 412 g/mol. The molecule has 2 aromatic carbocycles. The van der Waals surface area contributed by atoms with Crippen molar-refractivity contribution in [2.75, 3.05) is 17.2 Å². The molecule has 0 unspecified atom stereocenters. The second-order valence-electron chi connectivity index (χ2n) is 8.77. The largest absolute Gasteiger partial charge is 0.323 e. The van der Waals surface area contributed by atoms with Gasteiger partial charge in [0.15, 0.2) is 5.65 Å². The van der Waals surface area contributed by atoms with E-state index in [0.717, 1.165) is 59.7 Å². The summed E-state index contributed by atoms with van der Waals surface area (Å²) in [7, 11) is 1.93. The van der Waals surface area contributed by atoms with Gasteiger partial charge in [-0.15, -0.1) is 0 Å². The minimum Gasteiger partial charge on any atom is -0.308 e. The number of hydrogen-bond acceptors (Lipinski definition) is 4. The van der Waals surface area contributed by atoms with Gasteiger partial charge in [0.2, 0.25) is 0 Å². The number of anilines is 2. The van der Waals surface area contributed by atoms with Gasteiger partial charge in [-0.1, -0.05) is 29.8 Å². The van der Waals surface area contributed by atoms with E-state index in [-0.39, 0.29) is 6.03 Å². The van der Waals surface area contributed by atoms with Gasteiger partial charge in [0.25, 0.3) is 0 Å². The first-order valence-electron chi connectivity index (χ1n) is 11.2. The summed E-state index contributed by atoms with van der Waals surface area (Å²) in [5.74, 6) is 0. The standard InChI is InChI=1S/C26H28N6O/c1-17-7-9-21(10-8-17)28-26(33)29-24-6-4-5-20-16-32(12-11-22(20)24)15-19-13-23-18(2)30-31(3)25(23)27-14-19/h4-10,13-14H,11-12,15-16H2,1-3H3,(H2,28,29,33). The first-order chi connectivity index (χ1) is 16.0. The molecule has 7 heteroatoms. The van der Waals surface area contributed by atoms with Gasteiger partial charge >= 0.3 is 6.03 Å². The summed E-state index contributed by atoms with van der Waals surface area (Å²) in [6.45, 7) is 6.65. The molecule has 0 fully saturated rings. The molecule has 2 amide bonds. The van der Waals surface area contributed by atoms with Crippen LogP contribution in [0.5, 0.6) is 0 Å². The Bertz CT molecular complexity index is 1320. The summed E-state index contributed by atoms with van der Waals surface area (Å²) >= 11 is 0. The molecule has 1 aliphatic heterocycles. The Morgan fingerprint density at radius 1 is 1.09 bits per heavy atom. The lowest BCUT2D eigenvalue weighted by molar-refractivity contribution is 0.245. The molecule has 0 bridgehead atoms. The van der Waals surface area contributed by atoms with E-state index in [9.17, 15) is 4.79 Å². The van der Waals surface area contributed by atoms with Crippen LogP contribution in [0.3, 0.4) is 0 Å². The average Bonchev–Trinajstić information content (AvgIpc) is 3.08. The number of nitrogens with one attached hydrogen (secondary N) is 2. The summed E-state index contributed by atoms with van der Waals surface area (Å²) in [5, 5.41) is 11.5. The number of benzene rings is 2. The molecule has 2 N–H and O–H groups in total. The fourth-order valence-corrected chi connectivity index (χ4v) is 4.54. The molecule has 5 rings (SSSR count). The molecule has 0 aliphatic carbocycles. The van der Waals surface area contributed by atoms with Crippen molar-refractivity contribution in [3.05, 3.63) is 82.7 Å². The number of pyridine rings is 1. The zero-order chi connectivity index (χ0) is 22.9. The van der Waals surface area contributed by atoms with E-state index in [1.54, 1.807) is 0 Å². The van der Waals surface area contributed by atoms with E-state index >= 15 is 0 Å². The summed E-state index contributed by atoms with van der Waals surface area (Å²) < 4.78 is 1.83. The maximum absolute atomic E-state index is 12.5. The molecule has 4 aromatic rings. The molecular formula is C26H28N6O. The lowest BCUT2D eigenvalue weighted by Crippen LogP contribution is -2.31. The van der Waals surface area contributed by atoms with E-state index in [4.69, 9.17) is 0 Å². The van der Waals surface area contributed by atoms with E-state index in [1.165, 1.54) is 16.7 Å². The van der Waals surface area contributed by atoms with Gasteiger partial charge < -0.3 is 10.6 Å². The fraction of sp³-hybridized carbons (Fsp3) is 0.269. The van der Waals surface area contributed by atoms with Crippen LogP contribution in [0, 0.1) is 13.8 Å². The monoisotopic (exact) mass is 440 g/mol. The smallest absolute Gasteiger partial charge is 0.308 e. The Kier molecular flexibility index (Phi) is 5.56. The maximum atomic E-state index is 12.5. The lowest BCUT2D eigenvalue weighted by atomic mass is 9.97. The average molecular weight is 441 g/mol. The van der Waals surface area contributed by atoms with Gasteiger partial charge in [0.05, 0.1) is 5.69 Å². The molecule has 1 aliphatic rings. The van der Waals surface area contributed by atoms with Crippen molar-refractivity contribution in [2.24, 2.45) is 7.05 Å². The minimum absolute atomic E-state index is 0.221. The predicted octanol–water partition coefficient (Wildman–Crippen LogP) is 4.79. The molecule has 33 heavy (non-hydrogen) atoms. The summed E-state index contributed by atoms with van der Waals surface area (Å²) in [5.41, 5.74) is 8.40. The molecule has 7 nitrogen and oxygen atoms in total. The molecule has 0 saturated carbocycles. The zero-order valence-electron chi connectivity index (χ0n) is 19.2. The van der Waals surface area contributed by atoms with Crippen molar-refractivity contribution in [1.29, 1.82) is 0 Å². The fourth-order valence-electron chi connectivity index (χ4n) is 4.54. The van der Waals surface area contributed by atoms with Gasteiger partial charge in [-0.2, -0.15) is 5.10 Å². The van der Waals surface area contributed by atoms with Crippen molar-refractivity contribution < 1.29 is 4.79 Å². The molecule has 3 heterocycles. The molecule has 0 saturated heterocycles. The topological polar surface area (TPSA) is 75.1 Å². The van der Waals surface area contributed by atoms with Crippen LogP contribution in [0.15, 0.2) is 54.7 Å².